The molecule has 1 aliphatic rings. The minimum atomic E-state index is -0.0302. The Balaban J connectivity index is 2.05. The second kappa shape index (κ2) is 5.35. The molecule has 0 saturated heterocycles. The van der Waals surface area contributed by atoms with E-state index < -0.39 is 0 Å². The van der Waals surface area contributed by atoms with Crippen molar-refractivity contribution in [3.05, 3.63) is 65.2 Å². The summed E-state index contributed by atoms with van der Waals surface area (Å²) < 4.78 is 0. The summed E-state index contributed by atoms with van der Waals surface area (Å²) in [6.45, 7) is 6.56. The van der Waals surface area contributed by atoms with Gasteiger partial charge in [-0.15, -0.1) is 0 Å². The fraction of sp³-hybridized carbons (Fsp3) is 0.250. The monoisotopic (exact) mass is 288 g/mol. The maximum absolute atomic E-state index is 9.06. The van der Waals surface area contributed by atoms with Crippen LogP contribution >= 0.6 is 0 Å². The van der Waals surface area contributed by atoms with Crippen LogP contribution in [-0.2, 0) is 6.42 Å². The molecule has 2 aromatic carbocycles. The van der Waals surface area contributed by atoms with Gasteiger partial charge >= 0.3 is 0 Å². The Labute approximate surface area is 132 Å². The number of nitriles is 1. The molecule has 0 bridgehead atoms. The van der Waals surface area contributed by atoms with Crippen molar-refractivity contribution < 1.29 is 0 Å². The van der Waals surface area contributed by atoms with Crippen LogP contribution in [0.4, 0.5) is 5.69 Å². The zero-order valence-electron chi connectivity index (χ0n) is 13.3. The molecular weight excluding hydrogens is 268 g/mol. The van der Waals surface area contributed by atoms with Crippen LogP contribution < -0.4 is 5.32 Å². The summed E-state index contributed by atoms with van der Waals surface area (Å²) in [5.41, 5.74) is 6.79. The summed E-state index contributed by atoms with van der Waals surface area (Å²) in [5.74, 6) is 0. The van der Waals surface area contributed by atoms with Crippen molar-refractivity contribution in [2.75, 3.05) is 5.32 Å². The van der Waals surface area contributed by atoms with Crippen molar-refractivity contribution >= 4 is 5.69 Å². The number of nitrogens with one attached hydrogen (secondary N) is 1. The average Bonchev–Trinajstić information content (AvgIpc) is 2.59. The predicted octanol–water partition coefficient (Wildman–Crippen LogP) is 4.92. The van der Waals surface area contributed by atoms with Gasteiger partial charge in [-0.25, -0.2) is 0 Å². The van der Waals surface area contributed by atoms with E-state index in [4.69, 9.17) is 5.26 Å². The van der Waals surface area contributed by atoms with E-state index in [9.17, 15) is 0 Å². The Kier molecular flexibility index (Phi) is 3.50. The van der Waals surface area contributed by atoms with Gasteiger partial charge in [0, 0.05) is 5.69 Å². The van der Waals surface area contributed by atoms with Gasteiger partial charge in [0.15, 0.2) is 0 Å². The van der Waals surface area contributed by atoms with Crippen LogP contribution in [0, 0.1) is 11.3 Å². The zero-order valence-corrected chi connectivity index (χ0v) is 13.3. The molecule has 0 radical (unpaired) electrons. The third kappa shape index (κ3) is 2.89. The third-order valence-corrected chi connectivity index (χ3v) is 3.96. The number of anilines is 1. The van der Waals surface area contributed by atoms with Gasteiger partial charge in [0.25, 0.3) is 0 Å². The van der Waals surface area contributed by atoms with Gasteiger partial charge in [-0.3, -0.25) is 0 Å². The average molecular weight is 288 g/mol. The Hall–Kier alpha value is -2.53. The van der Waals surface area contributed by atoms with Crippen LogP contribution in [0.15, 0.2) is 54.1 Å². The van der Waals surface area contributed by atoms with E-state index in [-0.39, 0.29) is 5.54 Å². The largest absolute Gasteiger partial charge is 0.376 e. The number of fused-ring (bicyclic) bond motifs is 1. The van der Waals surface area contributed by atoms with Crippen LogP contribution in [0.2, 0.25) is 0 Å². The molecule has 0 spiro atoms. The van der Waals surface area contributed by atoms with E-state index in [2.05, 4.69) is 62.5 Å². The summed E-state index contributed by atoms with van der Waals surface area (Å²) in [6.07, 6.45) is 3.25. The Morgan fingerprint density at radius 3 is 2.64 bits per heavy atom. The van der Waals surface area contributed by atoms with Crippen LogP contribution in [0.1, 0.15) is 31.9 Å². The Morgan fingerprint density at radius 1 is 1.09 bits per heavy atom. The molecule has 110 valence electrons. The summed E-state index contributed by atoms with van der Waals surface area (Å²) in [5, 5.41) is 12.7. The smallest absolute Gasteiger partial charge is 0.0991 e. The fourth-order valence-corrected chi connectivity index (χ4v) is 3.16. The highest BCUT2D eigenvalue weighted by atomic mass is 15.0. The van der Waals surface area contributed by atoms with Gasteiger partial charge in [-0.2, -0.15) is 5.26 Å². The van der Waals surface area contributed by atoms with Crippen molar-refractivity contribution in [1.29, 1.82) is 5.26 Å². The molecule has 1 heterocycles. The van der Waals surface area contributed by atoms with Gasteiger partial charge in [-0.1, -0.05) is 29.8 Å². The van der Waals surface area contributed by atoms with Crippen molar-refractivity contribution in [2.24, 2.45) is 0 Å². The minimum Gasteiger partial charge on any atom is -0.376 e. The molecule has 2 nitrogen and oxygen atoms in total. The van der Waals surface area contributed by atoms with Gasteiger partial charge in [0.05, 0.1) is 17.2 Å². The first kappa shape index (κ1) is 14.4. The molecule has 0 aliphatic carbocycles. The quantitative estimate of drug-likeness (QED) is 0.756. The van der Waals surface area contributed by atoms with E-state index in [0.717, 1.165) is 17.5 Å². The highest BCUT2D eigenvalue weighted by Gasteiger charge is 2.20. The molecule has 0 saturated carbocycles. The van der Waals surface area contributed by atoms with Gasteiger partial charge in [0.1, 0.15) is 0 Å². The number of rotatable bonds is 1. The van der Waals surface area contributed by atoms with Gasteiger partial charge in [0.2, 0.25) is 0 Å². The van der Waals surface area contributed by atoms with Crippen LogP contribution in [0.3, 0.4) is 0 Å². The molecular formula is C20H20N2. The Bertz CT molecular complexity index is 792. The van der Waals surface area contributed by atoms with E-state index in [1.54, 1.807) is 0 Å². The second-order valence-electron chi connectivity index (χ2n) is 6.58. The lowest BCUT2D eigenvalue weighted by atomic mass is 9.97. The van der Waals surface area contributed by atoms with Crippen molar-refractivity contribution in [1.82, 2.24) is 0 Å². The maximum Gasteiger partial charge on any atom is 0.0991 e. The van der Waals surface area contributed by atoms with E-state index >= 15 is 0 Å². The number of nitrogens with zero attached hydrogens (tertiary/aromatic N) is 1. The lowest BCUT2D eigenvalue weighted by Crippen LogP contribution is -2.27. The molecule has 1 N–H and O–H groups in total. The standard InChI is InChI=1S/C20H20N2/c1-14-9-18-11-17(16-6-4-5-15(10-16)13-21)7-8-19(18)22-20(2,3)12-14/h4-8,10-12,22H,9H2,1-3H3. The first-order valence-electron chi connectivity index (χ1n) is 7.57. The lowest BCUT2D eigenvalue weighted by molar-refractivity contribution is 0.710. The summed E-state index contributed by atoms with van der Waals surface area (Å²) >= 11 is 0. The molecule has 2 heteroatoms. The molecule has 0 unspecified atom stereocenters. The molecule has 22 heavy (non-hydrogen) atoms. The van der Waals surface area contributed by atoms with Crippen molar-refractivity contribution in [3.63, 3.8) is 0 Å². The summed E-state index contributed by atoms with van der Waals surface area (Å²) in [7, 11) is 0. The molecule has 2 aromatic rings. The van der Waals surface area contributed by atoms with Gasteiger partial charge in [-0.05, 0) is 68.1 Å². The summed E-state index contributed by atoms with van der Waals surface area (Å²) in [4.78, 5) is 0. The second-order valence-corrected chi connectivity index (χ2v) is 6.58. The van der Waals surface area contributed by atoms with Crippen LogP contribution in [0.5, 0.6) is 0 Å². The number of hydrogen-bond donors (Lipinski definition) is 1. The molecule has 0 atom stereocenters. The van der Waals surface area contributed by atoms with Gasteiger partial charge < -0.3 is 5.32 Å². The highest BCUT2D eigenvalue weighted by Crippen LogP contribution is 2.32. The fourth-order valence-electron chi connectivity index (χ4n) is 3.16. The Morgan fingerprint density at radius 2 is 1.86 bits per heavy atom. The number of hydrogen-bond acceptors (Lipinski definition) is 2. The van der Waals surface area contributed by atoms with Crippen LogP contribution in [-0.4, -0.2) is 5.54 Å². The van der Waals surface area contributed by atoms with Crippen LogP contribution in [0.25, 0.3) is 11.1 Å². The highest BCUT2D eigenvalue weighted by molar-refractivity contribution is 5.71. The molecule has 0 amide bonds. The molecule has 0 fully saturated rings. The lowest BCUT2D eigenvalue weighted by Gasteiger charge is -2.23. The molecule has 1 aliphatic heterocycles. The van der Waals surface area contributed by atoms with E-state index in [1.807, 2.05) is 18.2 Å². The topological polar surface area (TPSA) is 35.8 Å². The van der Waals surface area contributed by atoms with E-state index in [0.29, 0.717) is 5.56 Å². The molecule has 3 rings (SSSR count). The molecule has 0 aromatic heterocycles. The first-order chi connectivity index (χ1) is 10.5. The predicted molar refractivity (Wildman–Crippen MR) is 91.8 cm³/mol. The normalized spacial score (nSPS) is 15.8. The number of benzene rings is 2. The minimum absolute atomic E-state index is 0.0302. The summed E-state index contributed by atoms with van der Waals surface area (Å²) in [6, 6.07) is 16.5. The number of allylic oxidation sites excluding steroid dienone is 1. The third-order valence-electron chi connectivity index (χ3n) is 3.96. The SMILES string of the molecule is CC1=CC(C)(C)Nc2ccc(-c3cccc(C#N)c3)cc2C1. The van der Waals surface area contributed by atoms with E-state index in [1.165, 1.54) is 16.8 Å². The maximum atomic E-state index is 9.06. The zero-order chi connectivity index (χ0) is 15.7. The van der Waals surface area contributed by atoms with Crippen molar-refractivity contribution in [2.45, 2.75) is 32.7 Å². The first-order valence-corrected chi connectivity index (χ1v) is 7.57. The van der Waals surface area contributed by atoms with Crippen molar-refractivity contribution in [3.8, 4) is 17.2 Å².